The van der Waals surface area contributed by atoms with Gasteiger partial charge >= 0.3 is 5.97 Å². The quantitative estimate of drug-likeness (QED) is 0.415. The average molecular weight is 276 g/mol. The summed E-state index contributed by atoms with van der Waals surface area (Å²) in [5.41, 5.74) is -0.345. The molecule has 0 heterocycles. The highest BCUT2D eigenvalue weighted by Gasteiger charge is 2.41. The van der Waals surface area contributed by atoms with Crippen molar-refractivity contribution in [1.82, 2.24) is 0 Å². The Morgan fingerprint density at radius 1 is 1.25 bits per heavy atom. The van der Waals surface area contributed by atoms with Crippen molar-refractivity contribution in [3.05, 3.63) is 35.9 Å². The van der Waals surface area contributed by atoms with Gasteiger partial charge < -0.3 is 9.53 Å². The lowest BCUT2D eigenvalue weighted by Gasteiger charge is -2.25. The molecule has 0 aliphatic heterocycles. The maximum absolute atomic E-state index is 12.3. The number of ether oxygens (including phenoxy) is 1. The number of Topliss-reactive ketones (excluding diaryl/α,β-unsaturated/α-hetero) is 1. The van der Waals surface area contributed by atoms with E-state index in [2.05, 4.69) is 0 Å². The van der Waals surface area contributed by atoms with E-state index in [1.165, 1.54) is 0 Å². The SMILES string of the molecule is CCOC(=O)C(C)(Cc1ccccc1)C(=O)CCC=O. The van der Waals surface area contributed by atoms with E-state index in [1.54, 1.807) is 13.8 Å². The Kier molecular flexibility index (Phi) is 6.10. The highest BCUT2D eigenvalue weighted by Crippen LogP contribution is 2.27. The Balaban J connectivity index is 2.97. The van der Waals surface area contributed by atoms with Crippen molar-refractivity contribution in [1.29, 1.82) is 0 Å². The molecular weight excluding hydrogens is 256 g/mol. The first-order chi connectivity index (χ1) is 9.54. The summed E-state index contributed by atoms with van der Waals surface area (Å²) in [5, 5.41) is 0. The summed E-state index contributed by atoms with van der Waals surface area (Å²) in [6, 6.07) is 9.32. The summed E-state index contributed by atoms with van der Waals surface area (Å²) in [5.74, 6) is -0.786. The monoisotopic (exact) mass is 276 g/mol. The van der Waals surface area contributed by atoms with E-state index in [4.69, 9.17) is 4.74 Å². The Morgan fingerprint density at radius 2 is 1.90 bits per heavy atom. The molecule has 0 saturated heterocycles. The van der Waals surface area contributed by atoms with Gasteiger partial charge in [-0.05, 0) is 25.8 Å². The standard InChI is InChI=1S/C16H20O4/c1-3-20-15(19)16(2,14(18)10-7-11-17)12-13-8-5-4-6-9-13/h4-6,8-9,11H,3,7,10,12H2,1-2H3. The Labute approximate surface area is 119 Å². The largest absolute Gasteiger partial charge is 0.465 e. The van der Waals surface area contributed by atoms with Crippen LogP contribution in [0.5, 0.6) is 0 Å². The van der Waals surface area contributed by atoms with Crippen LogP contribution in [-0.2, 0) is 25.5 Å². The first kappa shape index (κ1) is 16.1. The number of ketones is 1. The van der Waals surface area contributed by atoms with E-state index in [1.807, 2.05) is 30.3 Å². The smallest absolute Gasteiger partial charge is 0.319 e. The summed E-state index contributed by atoms with van der Waals surface area (Å²) in [4.78, 5) is 34.8. The number of carbonyl (C=O) groups excluding carboxylic acids is 3. The molecule has 108 valence electrons. The third-order valence-corrected chi connectivity index (χ3v) is 3.23. The summed E-state index contributed by atoms with van der Waals surface area (Å²) in [7, 11) is 0. The number of benzene rings is 1. The maximum Gasteiger partial charge on any atom is 0.319 e. The van der Waals surface area contributed by atoms with Gasteiger partial charge in [0.15, 0.2) is 5.78 Å². The van der Waals surface area contributed by atoms with Crippen LogP contribution < -0.4 is 0 Å². The van der Waals surface area contributed by atoms with Crippen molar-refractivity contribution >= 4 is 18.0 Å². The molecule has 1 unspecified atom stereocenters. The van der Waals surface area contributed by atoms with E-state index in [0.29, 0.717) is 6.29 Å². The maximum atomic E-state index is 12.3. The molecule has 0 aliphatic rings. The van der Waals surface area contributed by atoms with Crippen LogP contribution in [0.1, 0.15) is 32.3 Å². The number of rotatable bonds is 8. The van der Waals surface area contributed by atoms with Gasteiger partial charge in [-0.25, -0.2) is 0 Å². The highest BCUT2D eigenvalue weighted by molar-refractivity contribution is 6.04. The Bertz CT molecular complexity index is 467. The number of hydrogen-bond donors (Lipinski definition) is 0. The minimum absolute atomic E-state index is 0.0612. The fourth-order valence-corrected chi connectivity index (χ4v) is 2.04. The molecule has 0 spiro atoms. The number of esters is 1. The van der Waals surface area contributed by atoms with Crippen molar-refractivity contribution in [2.75, 3.05) is 6.61 Å². The molecule has 0 amide bonds. The van der Waals surface area contributed by atoms with Crippen LogP contribution in [-0.4, -0.2) is 24.6 Å². The van der Waals surface area contributed by atoms with Crippen LogP contribution in [0.25, 0.3) is 0 Å². The molecule has 0 radical (unpaired) electrons. The second-order valence-electron chi connectivity index (χ2n) is 4.84. The zero-order chi connectivity index (χ0) is 15.0. The summed E-state index contributed by atoms with van der Waals surface area (Å²) in [6.45, 7) is 3.52. The predicted octanol–water partition coefficient (Wildman–Crippen LogP) is 2.35. The Hall–Kier alpha value is -1.97. The molecule has 1 atom stereocenters. The van der Waals surface area contributed by atoms with E-state index >= 15 is 0 Å². The van der Waals surface area contributed by atoms with Gasteiger partial charge in [-0.15, -0.1) is 0 Å². The van der Waals surface area contributed by atoms with Gasteiger partial charge in [-0.1, -0.05) is 30.3 Å². The van der Waals surface area contributed by atoms with Crippen LogP contribution in [0.2, 0.25) is 0 Å². The molecule has 0 saturated carbocycles. The van der Waals surface area contributed by atoms with Gasteiger partial charge in [0.1, 0.15) is 11.7 Å². The fraction of sp³-hybridized carbons (Fsp3) is 0.438. The lowest BCUT2D eigenvalue weighted by atomic mass is 9.78. The molecular formula is C16H20O4. The second-order valence-corrected chi connectivity index (χ2v) is 4.84. The molecule has 1 rings (SSSR count). The number of aldehydes is 1. The molecule has 0 N–H and O–H groups in total. The van der Waals surface area contributed by atoms with Gasteiger partial charge in [0.05, 0.1) is 6.61 Å². The van der Waals surface area contributed by atoms with Crippen LogP contribution in [0.4, 0.5) is 0 Å². The van der Waals surface area contributed by atoms with Crippen molar-refractivity contribution < 1.29 is 19.1 Å². The minimum atomic E-state index is -1.24. The van der Waals surface area contributed by atoms with E-state index in [-0.39, 0.29) is 31.7 Å². The second kappa shape index (κ2) is 7.58. The van der Waals surface area contributed by atoms with E-state index < -0.39 is 11.4 Å². The minimum Gasteiger partial charge on any atom is -0.465 e. The van der Waals surface area contributed by atoms with Crippen LogP contribution >= 0.6 is 0 Å². The predicted molar refractivity (Wildman–Crippen MR) is 75.2 cm³/mol. The molecule has 1 aromatic rings. The molecule has 0 aliphatic carbocycles. The van der Waals surface area contributed by atoms with Gasteiger partial charge in [-0.3, -0.25) is 9.59 Å². The first-order valence-electron chi connectivity index (χ1n) is 6.72. The van der Waals surface area contributed by atoms with Crippen molar-refractivity contribution in [3.63, 3.8) is 0 Å². The third kappa shape index (κ3) is 4.02. The first-order valence-corrected chi connectivity index (χ1v) is 6.72. The van der Waals surface area contributed by atoms with Gasteiger partial charge in [0.2, 0.25) is 0 Å². The van der Waals surface area contributed by atoms with Crippen molar-refractivity contribution in [3.8, 4) is 0 Å². The molecule has 1 aromatic carbocycles. The summed E-state index contributed by atoms with van der Waals surface area (Å²) in [6.07, 6.45) is 1.16. The van der Waals surface area contributed by atoms with Crippen molar-refractivity contribution in [2.45, 2.75) is 33.1 Å². The highest BCUT2D eigenvalue weighted by atomic mass is 16.5. The van der Waals surface area contributed by atoms with Gasteiger partial charge in [0, 0.05) is 12.8 Å². The molecule has 20 heavy (non-hydrogen) atoms. The molecule has 0 aromatic heterocycles. The molecule has 0 bridgehead atoms. The van der Waals surface area contributed by atoms with Gasteiger partial charge in [-0.2, -0.15) is 0 Å². The average Bonchev–Trinajstić information content (AvgIpc) is 2.45. The van der Waals surface area contributed by atoms with Crippen molar-refractivity contribution in [2.24, 2.45) is 5.41 Å². The zero-order valence-electron chi connectivity index (χ0n) is 11.9. The lowest BCUT2D eigenvalue weighted by Crippen LogP contribution is -2.40. The Morgan fingerprint density at radius 3 is 2.45 bits per heavy atom. The lowest BCUT2D eigenvalue weighted by molar-refractivity contribution is -0.159. The molecule has 4 heteroatoms. The third-order valence-electron chi connectivity index (χ3n) is 3.23. The zero-order valence-corrected chi connectivity index (χ0v) is 11.9. The summed E-state index contributed by atoms with van der Waals surface area (Å²) < 4.78 is 5.03. The molecule has 0 fully saturated rings. The van der Waals surface area contributed by atoms with Crippen LogP contribution in [0.3, 0.4) is 0 Å². The van der Waals surface area contributed by atoms with Gasteiger partial charge in [0.25, 0.3) is 0 Å². The van der Waals surface area contributed by atoms with E-state index in [0.717, 1.165) is 5.56 Å². The normalized spacial score (nSPS) is 13.3. The van der Waals surface area contributed by atoms with Crippen LogP contribution in [0, 0.1) is 5.41 Å². The number of carbonyl (C=O) groups is 3. The van der Waals surface area contributed by atoms with E-state index in [9.17, 15) is 14.4 Å². The fourth-order valence-electron chi connectivity index (χ4n) is 2.04. The summed E-state index contributed by atoms with van der Waals surface area (Å²) >= 11 is 0. The van der Waals surface area contributed by atoms with Crippen LogP contribution in [0.15, 0.2) is 30.3 Å². The topological polar surface area (TPSA) is 60.4 Å². The number of hydrogen-bond acceptors (Lipinski definition) is 4. The molecule has 4 nitrogen and oxygen atoms in total.